The van der Waals surface area contributed by atoms with Gasteiger partial charge in [0.05, 0.1) is 0 Å². The maximum Gasteiger partial charge on any atom is 0.415 e. The van der Waals surface area contributed by atoms with Crippen LogP contribution in [0.15, 0.2) is 0 Å². The van der Waals surface area contributed by atoms with Crippen molar-refractivity contribution in [2.45, 2.75) is 19.8 Å². The molecule has 1 aliphatic rings. The summed E-state index contributed by atoms with van der Waals surface area (Å²) in [6.45, 7) is 2.58. The lowest BCUT2D eigenvalue weighted by Crippen LogP contribution is -2.40. The Morgan fingerprint density at radius 3 is 1.86 bits per heavy atom. The van der Waals surface area contributed by atoms with Crippen molar-refractivity contribution in [3.05, 3.63) is 29.1 Å². The van der Waals surface area contributed by atoms with Crippen LogP contribution in [0.2, 0.25) is 0 Å². The van der Waals surface area contributed by atoms with E-state index in [4.69, 9.17) is 0 Å². The zero-order chi connectivity index (χ0) is 15.7. The number of carbonyl (C=O) groups is 1. The number of hydrogen-bond donors (Lipinski definition) is 0. The molecule has 0 saturated carbocycles. The summed E-state index contributed by atoms with van der Waals surface area (Å²) < 4.78 is 69.9. The van der Waals surface area contributed by atoms with E-state index in [9.17, 15) is 26.7 Å². The molecule has 0 radical (unpaired) electrons. The van der Waals surface area contributed by atoms with Gasteiger partial charge in [0, 0.05) is 13.1 Å². The van der Waals surface area contributed by atoms with Crippen molar-refractivity contribution < 1.29 is 31.5 Å². The van der Waals surface area contributed by atoms with Crippen molar-refractivity contribution in [3.63, 3.8) is 0 Å². The fraction of sp³-hybridized carbons (Fsp3) is 0.462. The molecule has 1 aliphatic heterocycles. The van der Waals surface area contributed by atoms with Gasteiger partial charge in [0.25, 0.3) is 0 Å². The van der Waals surface area contributed by atoms with Crippen LogP contribution in [0.1, 0.15) is 19.8 Å². The Kier molecular flexibility index (Phi) is 4.34. The lowest BCUT2D eigenvalue weighted by Gasteiger charge is -2.29. The minimum Gasteiger partial charge on any atom is -0.404 e. The van der Waals surface area contributed by atoms with E-state index in [2.05, 4.69) is 4.74 Å². The second-order valence-electron chi connectivity index (χ2n) is 4.94. The summed E-state index contributed by atoms with van der Waals surface area (Å²) in [5, 5.41) is 0. The number of carbonyl (C=O) groups excluding carboxylic acids is 1. The average Bonchev–Trinajstić information content (AvgIpc) is 2.48. The highest BCUT2D eigenvalue weighted by atomic mass is 19.2. The van der Waals surface area contributed by atoms with Crippen LogP contribution in [0.3, 0.4) is 0 Å². The Balaban J connectivity index is 2.22. The number of nitrogens with zero attached hydrogens (tertiary/aromatic N) is 1. The molecule has 2 rings (SSSR count). The highest BCUT2D eigenvalue weighted by Gasteiger charge is 2.30. The second-order valence-corrected chi connectivity index (χ2v) is 4.94. The van der Waals surface area contributed by atoms with Crippen LogP contribution in [0.5, 0.6) is 5.75 Å². The highest BCUT2D eigenvalue weighted by Crippen LogP contribution is 2.30. The summed E-state index contributed by atoms with van der Waals surface area (Å²) >= 11 is 0. The molecule has 0 bridgehead atoms. The number of rotatable bonds is 1. The number of ether oxygens (including phenoxy) is 1. The summed E-state index contributed by atoms with van der Waals surface area (Å²) in [6, 6.07) is 0. The molecule has 116 valence electrons. The number of piperidine rings is 1. The molecule has 0 aromatic heterocycles. The van der Waals surface area contributed by atoms with Crippen molar-refractivity contribution >= 4 is 6.09 Å². The molecular weight excluding hydrogens is 297 g/mol. The van der Waals surface area contributed by atoms with E-state index in [0.29, 0.717) is 31.8 Å². The summed E-state index contributed by atoms with van der Waals surface area (Å²) in [6.07, 6.45) is 0.211. The van der Waals surface area contributed by atoms with E-state index in [1.54, 1.807) is 0 Å². The first kappa shape index (κ1) is 15.5. The predicted octanol–water partition coefficient (Wildman–Crippen LogP) is 3.61. The van der Waals surface area contributed by atoms with Crippen molar-refractivity contribution in [1.29, 1.82) is 0 Å². The van der Waals surface area contributed by atoms with Gasteiger partial charge in [-0.2, -0.15) is 8.78 Å². The van der Waals surface area contributed by atoms with E-state index in [1.807, 2.05) is 6.92 Å². The summed E-state index contributed by atoms with van der Waals surface area (Å²) in [5.41, 5.74) is 0. The first-order chi connectivity index (χ1) is 9.82. The molecule has 0 aliphatic carbocycles. The number of benzene rings is 1. The first-order valence-electron chi connectivity index (χ1n) is 6.31. The van der Waals surface area contributed by atoms with Gasteiger partial charge in [-0.15, -0.1) is 0 Å². The molecule has 21 heavy (non-hydrogen) atoms. The van der Waals surface area contributed by atoms with Gasteiger partial charge < -0.3 is 9.64 Å². The maximum absolute atomic E-state index is 13.4. The van der Waals surface area contributed by atoms with Crippen LogP contribution in [0, 0.1) is 35.0 Å². The van der Waals surface area contributed by atoms with Gasteiger partial charge in [-0.25, -0.2) is 18.0 Å². The Hall–Kier alpha value is -1.86. The molecule has 0 N–H and O–H groups in total. The fourth-order valence-corrected chi connectivity index (χ4v) is 2.02. The number of hydrogen-bond acceptors (Lipinski definition) is 2. The molecule has 8 heteroatoms. The molecule has 0 spiro atoms. The maximum atomic E-state index is 13.4. The Bertz CT molecular complexity index is 541. The minimum atomic E-state index is -2.29. The third-order valence-corrected chi connectivity index (χ3v) is 3.40. The zero-order valence-corrected chi connectivity index (χ0v) is 11.1. The monoisotopic (exact) mass is 309 g/mol. The van der Waals surface area contributed by atoms with Crippen molar-refractivity contribution in [1.82, 2.24) is 4.90 Å². The minimum absolute atomic E-state index is 0.301. The zero-order valence-electron chi connectivity index (χ0n) is 11.1. The van der Waals surface area contributed by atoms with E-state index < -0.39 is 40.9 Å². The molecule has 1 aromatic carbocycles. The van der Waals surface area contributed by atoms with E-state index in [-0.39, 0.29) is 0 Å². The largest absolute Gasteiger partial charge is 0.415 e. The van der Waals surface area contributed by atoms with Gasteiger partial charge in [0.15, 0.2) is 0 Å². The van der Waals surface area contributed by atoms with Crippen LogP contribution >= 0.6 is 0 Å². The smallest absolute Gasteiger partial charge is 0.404 e. The Morgan fingerprint density at radius 2 is 1.38 bits per heavy atom. The molecule has 0 unspecified atom stereocenters. The molecule has 1 amide bonds. The Labute approximate surface area is 117 Å². The standard InChI is InChI=1S/C13H12F5NO2/c1-6-2-4-19(5-3-6)13(20)21-12-10(17)8(15)7(14)9(16)11(12)18/h6H,2-5H2,1H3. The van der Waals surface area contributed by atoms with Crippen molar-refractivity contribution in [2.75, 3.05) is 13.1 Å². The quantitative estimate of drug-likeness (QED) is 0.450. The van der Waals surface area contributed by atoms with Gasteiger partial charge >= 0.3 is 6.09 Å². The lowest BCUT2D eigenvalue weighted by atomic mass is 10.00. The van der Waals surface area contributed by atoms with Crippen molar-refractivity contribution in [3.8, 4) is 5.75 Å². The van der Waals surface area contributed by atoms with E-state index >= 15 is 0 Å². The van der Waals surface area contributed by atoms with E-state index in [0.717, 1.165) is 4.90 Å². The molecule has 1 saturated heterocycles. The summed E-state index contributed by atoms with van der Waals surface area (Å²) in [7, 11) is 0. The second kappa shape index (κ2) is 5.87. The SMILES string of the molecule is CC1CCN(C(=O)Oc2c(F)c(F)c(F)c(F)c2F)CC1. The van der Waals surface area contributed by atoms with Gasteiger partial charge in [-0.1, -0.05) is 6.92 Å². The molecule has 1 fully saturated rings. The average molecular weight is 309 g/mol. The van der Waals surface area contributed by atoms with Crippen LogP contribution < -0.4 is 4.74 Å². The molecular formula is C13H12F5NO2. The number of halogens is 5. The molecule has 3 nitrogen and oxygen atoms in total. The third kappa shape index (κ3) is 2.93. The van der Waals surface area contributed by atoms with Crippen molar-refractivity contribution in [2.24, 2.45) is 5.92 Å². The Morgan fingerprint density at radius 1 is 0.952 bits per heavy atom. The van der Waals surface area contributed by atoms with Crippen LogP contribution in [0.4, 0.5) is 26.7 Å². The van der Waals surface area contributed by atoms with Crippen LogP contribution in [-0.2, 0) is 0 Å². The highest BCUT2D eigenvalue weighted by molar-refractivity contribution is 5.71. The fourth-order valence-electron chi connectivity index (χ4n) is 2.02. The normalized spacial score (nSPS) is 16.2. The number of likely N-dealkylation sites (tertiary alicyclic amines) is 1. The lowest BCUT2D eigenvalue weighted by molar-refractivity contribution is 0.129. The van der Waals surface area contributed by atoms with Crippen LogP contribution in [-0.4, -0.2) is 24.1 Å². The summed E-state index contributed by atoms with van der Waals surface area (Å²) in [5.74, 6) is -12.1. The van der Waals surface area contributed by atoms with E-state index in [1.165, 1.54) is 0 Å². The van der Waals surface area contributed by atoms with Gasteiger partial charge in [-0.05, 0) is 18.8 Å². The molecule has 1 aromatic rings. The molecule has 1 heterocycles. The molecule has 0 atom stereocenters. The van der Waals surface area contributed by atoms with Gasteiger partial charge in [0.1, 0.15) is 0 Å². The third-order valence-electron chi connectivity index (χ3n) is 3.40. The van der Waals surface area contributed by atoms with Gasteiger partial charge in [-0.3, -0.25) is 0 Å². The first-order valence-corrected chi connectivity index (χ1v) is 6.31. The van der Waals surface area contributed by atoms with Crippen LogP contribution in [0.25, 0.3) is 0 Å². The number of amides is 1. The van der Waals surface area contributed by atoms with Gasteiger partial charge in [0.2, 0.25) is 34.8 Å². The topological polar surface area (TPSA) is 29.5 Å². The predicted molar refractivity (Wildman–Crippen MR) is 62.2 cm³/mol. The summed E-state index contributed by atoms with van der Waals surface area (Å²) in [4.78, 5) is 12.9.